The first kappa shape index (κ1) is 16.6. The van der Waals surface area contributed by atoms with Crippen molar-refractivity contribution < 1.29 is 19.5 Å². The van der Waals surface area contributed by atoms with Crippen molar-refractivity contribution in [1.29, 1.82) is 0 Å². The van der Waals surface area contributed by atoms with Crippen LogP contribution in [0, 0.1) is 0 Å². The molecule has 2 N–H and O–H groups in total. The van der Waals surface area contributed by atoms with E-state index in [2.05, 4.69) is 5.32 Å². The third kappa shape index (κ3) is 4.38. The van der Waals surface area contributed by atoms with E-state index in [-0.39, 0.29) is 18.9 Å². The molecule has 0 spiro atoms. The van der Waals surface area contributed by atoms with Crippen LogP contribution in [0.25, 0.3) is 0 Å². The normalized spacial score (nSPS) is 15.7. The number of carbonyl (C=O) groups is 3. The second kappa shape index (κ2) is 7.51. The summed E-state index contributed by atoms with van der Waals surface area (Å²) in [4.78, 5) is 36.0. The van der Waals surface area contributed by atoms with Crippen LogP contribution in [-0.4, -0.2) is 46.0 Å². The summed E-state index contributed by atoms with van der Waals surface area (Å²) in [7, 11) is 0. The number of halogens is 1. The summed E-state index contributed by atoms with van der Waals surface area (Å²) in [6, 6.07) is 6.03. The number of hydrogen-bond acceptors (Lipinski definition) is 4. The number of nitrogens with one attached hydrogen (secondary N) is 1. The van der Waals surface area contributed by atoms with Gasteiger partial charge in [-0.2, -0.15) is 0 Å². The molecule has 1 saturated heterocycles. The summed E-state index contributed by atoms with van der Waals surface area (Å²) in [5.41, 5.74) is 0.544. The van der Waals surface area contributed by atoms with Gasteiger partial charge in [0.05, 0.1) is 24.1 Å². The Hall–Kier alpha value is -1.73. The maximum atomic E-state index is 12.1. The number of hydrogen-bond donors (Lipinski definition) is 2. The van der Waals surface area contributed by atoms with Gasteiger partial charge >= 0.3 is 5.97 Å². The van der Waals surface area contributed by atoms with Crippen molar-refractivity contribution in [2.75, 3.05) is 18.2 Å². The summed E-state index contributed by atoms with van der Waals surface area (Å²) >= 11 is 7.51. The number of amides is 2. The van der Waals surface area contributed by atoms with E-state index < -0.39 is 17.9 Å². The summed E-state index contributed by atoms with van der Waals surface area (Å²) < 4.78 is 0. The monoisotopic (exact) mass is 342 g/mol. The predicted molar refractivity (Wildman–Crippen MR) is 83.6 cm³/mol. The van der Waals surface area contributed by atoms with Gasteiger partial charge in [0.1, 0.15) is 6.54 Å². The highest BCUT2D eigenvalue weighted by atomic mass is 35.5. The molecule has 1 aromatic carbocycles. The quantitative estimate of drug-likeness (QED) is 0.818. The highest BCUT2D eigenvalue weighted by molar-refractivity contribution is 8.00. The molecule has 1 atom stereocenters. The van der Waals surface area contributed by atoms with E-state index in [4.69, 9.17) is 16.7 Å². The largest absolute Gasteiger partial charge is 0.481 e. The van der Waals surface area contributed by atoms with Gasteiger partial charge in [-0.15, -0.1) is 11.8 Å². The van der Waals surface area contributed by atoms with E-state index in [9.17, 15) is 14.4 Å². The molecule has 1 fully saturated rings. The lowest BCUT2D eigenvalue weighted by molar-refractivity contribution is -0.138. The topological polar surface area (TPSA) is 86.7 Å². The minimum absolute atomic E-state index is 0.0770. The van der Waals surface area contributed by atoms with Crippen LogP contribution in [0.2, 0.25) is 5.02 Å². The molecule has 118 valence electrons. The van der Waals surface area contributed by atoms with Gasteiger partial charge < -0.3 is 15.3 Å². The molecule has 0 saturated carbocycles. The zero-order chi connectivity index (χ0) is 16.1. The molecule has 1 aliphatic rings. The molecule has 8 heteroatoms. The average Bonchev–Trinajstić information content (AvgIpc) is 2.83. The summed E-state index contributed by atoms with van der Waals surface area (Å²) in [5, 5.41) is 12.0. The van der Waals surface area contributed by atoms with Crippen molar-refractivity contribution in [3.05, 3.63) is 34.9 Å². The predicted octanol–water partition coefficient (Wildman–Crippen LogP) is 1.50. The number of carboxylic acids is 1. The number of carboxylic acid groups (broad SMARTS) is 1. The Morgan fingerprint density at radius 3 is 2.73 bits per heavy atom. The first-order valence-electron chi connectivity index (χ1n) is 6.58. The molecular formula is C14H15ClN2O4S. The highest BCUT2D eigenvalue weighted by Gasteiger charge is 2.25. The molecule has 0 bridgehead atoms. The second-order valence-electron chi connectivity index (χ2n) is 4.81. The Morgan fingerprint density at radius 1 is 1.41 bits per heavy atom. The number of aliphatic carboxylic acids is 1. The van der Waals surface area contributed by atoms with Gasteiger partial charge in [0.2, 0.25) is 11.8 Å². The number of thioether (sulfide) groups is 1. The smallest absolute Gasteiger partial charge is 0.305 e. The number of benzene rings is 1. The molecule has 2 rings (SSSR count). The second-order valence-corrected chi connectivity index (χ2v) is 6.17. The summed E-state index contributed by atoms with van der Waals surface area (Å²) in [6.45, 7) is -0.0770. The van der Waals surface area contributed by atoms with Crippen LogP contribution in [0.1, 0.15) is 18.0 Å². The molecular weight excluding hydrogens is 328 g/mol. The number of rotatable bonds is 6. The van der Waals surface area contributed by atoms with E-state index in [1.807, 2.05) is 0 Å². The Morgan fingerprint density at radius 2 is 2.14 bits per heavy atom. The van der Waals surface area contributed by atoms with E-state index in [1.54, 1.807) is 24.3 Å². The van der Waals surface area contributed by atoms with E-state index in [0.29, 0.717) is 22.2 Å². The van der Waals surface area contributed by atoms with Crippen molar-refractivity contribution in [2.45, 2.75) is 12.5 Å². The molecule has 6 nitrogen and oxygen atoms in total. The average molecular weight is 343 g/mol. The van der Waals surface area contributed by atoms with Crippen LogP contribution < -0.4 is 5.32 Å². The van der Waals surface area contributed by atoms with E-state index >= 15 is 0 Å². The number of carbonyl (C=O) groups excluding carboxylic acids is 2. The lowest BCUT2D eigenvalue weighted by Gasteiger charge is -2.21. The molecule has 0 aliphatic carbocycles. The first-order chi connectivity index (χ1) is 10.5. The minimum Gasteiger partial charge on any atom is -0.481 e. The zero-order valence-corrected chi connectivity index (χ0v) is 13.2. The highest BCUT2D eigenvalue weighted by Crippen LogP contribution is 2.25. The Balaban J connectivity index is 2.06. The molecule has 1 unspecified atom stereocenters. The lowest BCUT2D eigenvalue weighted by Crippen LogP contribution is -2.40. The van der Waals surface area contributed by atoms with Gasteiger partial charge in [-0.3, -0.25) is 14.4 Å². The number of nitrogens with zero attached hydrogens (tertiary/aromatic N) is 1. The molecule has 1 aromatic rings. The lowest BCUT2D eigenvalue weighted by atomic mass is 10.0. The molecule has 22 heavy (non-hydrogen) atoms. The van der Waals surface area contributed by atoms with Crippen molar-refractivity contribution in [1.82, 2.24) is 10.2 Å². The minimum atomic E-state index is -1.04. The van der Waals surface area contributed by atoms with Crippen molar-refractivity contribution >= 4 is 41.1 Å². The maximum absolute atomic E-state index is 12.1. The van der Waals surface area contributed by atoms with Crippen LogP contribution in [-0.2, 0) is 14.4 Å². The first-order valence-corrected chi connectivity index (χ1v) is 8.11. The van der Waals surface area contributed by atoms with Crippen LogP contribution in [0.3, 0.4) is 0 Å². The Bertz CT molecular complexity index is 596. The van der Waals surface area contributed by atoms with Gasteiger partial charge in [0, 0.05) is 5.02 Å². The van der Waals surface area contributed by atoms with Gasteiger partial charge in [-0.1, -0.05) is 29.8 Å². The van der Waals surface area contributed by atoms with Crippen molar-refractivity contribution in [2.24, 2.45) is 0 Å². The third-order valence-electron chi connectivity index (χ3n) is 3.15. The van der Waals surface area contributed by atoms with Crippen LogP contribution >= 0.6 is 23.4 Å². The third-order valence-corrected chi connectivity index (χ3v) is 4.44. The van der Waals surface area contributed by atoms with Gasteiger partial charge in [0.15, 0.2) is 0 Å². The van der Waals surface area contributed by atoms with E-state index in [1.165, 1.54) is 16.7 Å². The standard InChI is InChI=1S/C14H15ClN2O4S/c15-10-4-2-1-3-9(10)11(5-14(20)21)16-12(18)6-17-8-22-7-13(17)19/h1-4,11H,5-8H2,(H,16,18)(H,20,21). The van der Waals surface area contributed by atoms with Gasteiger partial charge in [0.25, 0.3) is 0 Å². The van der Waals surface area contributed by atoms with Crippen LogP contribution in [0.4, 0.5) is 0 Å². The maximum Gasteiger partial charge on any atom is 0.305 e. The van der Waals surface area contributed by atoms with Gasteiger partial charge in [-0.05, 0) is 11.6 Å². The SMILES string of the molecule is O=C(O)CC(NC(=O)CN1CSCC1=O)c1ccccc1Cl. The fourth-order valence-corrected chi connectivity index (χ4v) is 3.30. The Kier molecular flexibility index (Phi) is 5.68. The van der Waals surface area contributed by atoms with E-state index in [0.717, 1.165) is 0 Å². The van der Waals surface area contributed by atoms with Crippen molar-refractivity contribution in [3.8, 4) is 0 Å². The van der Waals surface area contributed by atoms with Gasteiger partial charge in [-0.25, -0.2) is 0 Å². The molecule has 1 heterocycles. The fourth-order valence-electron chi connectivity index (χ4n) is 2.12. The van der Waals surface area contributed by atoms with Crippen LogP contribution in [0.5, 0.6) is 0 Å². The molecule has 1 aliphatic heterocycles. The molecule has 2 amide bonds. The molecule has 0 aromatic heterocycles. The summed E-state index contributed by atoms with van der Waals surface area (Å²) in [6.07, 6.45) is -0.280. The Labute approximate surface area is 136 Å². The molecule has 0 radical (unpaired) electrons. The fraction of sp³-hybridized carbons (Fsp3) is 0.357. The van der Waals surface area contributed by atoms with Crippen LogP contribution in [0.15, 0.2) is 24.3 Å². The zero-order valence-electron chi connectivity index (χ0n) is 11.6. The van der Waals surface area contributed by atoms with Crippen molar-refractivity contribution in [3.63, 3.8) is 0 Å². The summed E-state index contributed by atoms with van der Waals surface area (Å²) in [5.74, 6) is -0.689.